The molecule has 0 N–H and O–H groups in total. The Morgan fingerprint density at radius 3 is 2.69 bits per heavy atom. The van der Waals surface area contributed by atoms with Crippen molar-refractivity contribution >= 4 is 39.5 Å². The number of hydrogen-bond donors (Lipinski definition) is 0. The Morgan fingerprint density at radius 2 is 1.91 bits per heavy atom. The molecule has 0 spiro atoms. The number of carbonyl (C=O) groups excluding carboxylic acids is 1. The summed E-state index contributed by atoms with van der Waals surface area (Å²) >= 11 is 6.31. The minimum absolute atomic E-state index is 0.191. The smallest absolute Gasteiger partial charge is 0.340 e. The quantitative estimate of drug-likeness (QED) is 0.299. The van der Waals surface area contributed by atoms with Gasteiger partial charge in [0.1, 0.15) is 28.9 Å². The van der Waals surface area contributed by atoms with E-state index in [0.29, 0.717) is 44.2 Å². The standard InChI is InChI=1S/C26H17ClFN5O2/c1-3-35-26(34)18-11-16(15-6-8-30-17(10-15)13-29)12-22-24(18)32-14(2)33(22)21-7-9-31-25-19(27)4-5-20(28)23(21)25/h4-12H,3H2,1-2H3. The van der Waals surface area contributed by atoms with Crippen molar-refractivity contribution in [3.05, 3.63) is 82.8 Å². The summed E-state index contributed by atoms with van der Waals surface area (Å²) in [4.78, 5) is 25.8. The van der Waals surface area contributed by atoms with Crippen LogP contribution in [0.2, 0.25) is 5.02 Å². The first-order valence-electron chi connectivity index (χ1n) is 10.7. The number of halogens is 2. The van der Waals surface area contributed by atoms with Gasteiger partial charge >= 0.3 is 5.97 Å². The molecular formula is C26H17ClFN5O2. The molecule has 0 fully saturated rings. The highest BCUT2D eigenvalue weighted by Gasteiger charge is 2.22. The van der Waals surface area contributed by atoms with Crippen molar-refractivity contribution in [2.24, 2.45) is 0 Å². The monoisotopic (exact) mass is 485 g/mol. The van der Waals surface area contributed by atoms with E-state index in [1.54, 1.807) is 48.9 Å². The fraction of sp³-hybridized carbons (Fsp3) is 0.115. The van der Waals surface area contributed by atoms with Crippen LogP contribution in [0.3, 0.4) is 0 Å². The zero-order chi connectivity index (χ0) is 24.7. The Bertz CT molecular complexity index is 1690. The highest BCUT2D eigenvalue weighted by molar-refractivity contribution is 6.35. The minimum Gasteiger partial charge on any atom is -0.462 e. The summed E-state index contributed by atoms with van der Waals surface area (Å²) in [5.74, 6) is -0.488. The van der Waals surface area contributed by atoms with Gasteiger partial charge in [-0.3, -0.25) is 9.55 Å². The molecule has 0 unspecified atom stereocenters. The molecule has 3 aromatic heterocycles. The largest absolute Gasteiger partial charge is 0.462 e. The average molecular weight is 486 g/mol. The molecule has 0 aliphatic rings. The Labute approximate surface area is 204 Å². The Balaban J connectivity index is 1.88. The fourth-order valence-corrected chi connectivity index (χ4v) is 4.37. The number of ether oxygens (including phenoxy) is 1. The molecule has 0 bridgehead atoms. The van der Waals surface area contributed by atoms with Crippen molar-refractivity contribution in [3.8, 4) is 22.9 Å². The molecule has 3 heterocycles. The summed E-state index contributed by atoms with van der Waals surface area (Å²) in [5.41, 5.74) is 3.60. The first-order valence-corrected chi connectivity index (χ1v) is 11.1. The molecule has 0 amide bonds. The molecule has 5 rings (SSSR count). The highest BCUT2D eigenvalue weighted by Crippen LogP contribution is 2.35. The highest BCUT2D eigenvalue weighted by atomic mass is 35.5. The topological polar surface area (TPSA) is 93.7 Å². The van der Waals surface area contributed by atoms with Crippen LogP contribution in [0, 0.1) is 24.1 Å². The molecule has 5 aromatic rings. The number of carbonyl (C=O) groups is 1. The maximum absolute atomic E-state index is 15.0. The second-order valence-electron chi connectivity index (χ2n) is 7.73. The summed E-state index contributed by atoms with van der Waals surface area (Å²) in [5, 5.41) is 9.84. The predicted molar refractivity (Wildman–Crippen MR) is 130 cm³/mol. The lowest BCUT2D eigenvalue weighted by Gasteiger charge is -2.13. The molecule has 2 aromatic carbocycles. The molecule has 0 aliphatic carbocycles. The molecular weight excluding hydrogens is 469 g/mol. The van der Waals surface area contributed by atoms with Gasteiger partial charge in [-0.25, -0.2) is 19.2 Å². The lowest BCUT2D eigenvalue weighted by Crippen LogP contribution is -2.06. The third-order valence-electron chi connectivity index (χ3n) is 5.64. The van der Waals surface area contributed by atoms with Crippen molar-refractivity contribution in [2.75, 3.05) is 6.61 Å². The predicted octanol–water partition coefficient (Wildman–Crippen LogP) is 5.79. The number of benzene rings is 2. The first kappa shape index (κ1) is 22.4. The number of pyridine rings is 2. The maximum Gasteiger partial charge on any atom is 0.340 e. The van der Waals surface area contributed by atoms with Gasteiger partial charge in [0.2, 0.25) is 0 Å². The molecule has 0 aliphatic heterocycles. The molecule has 35 heavy (non-hydrogen) atoms. The number of hydrogen-bond acceptors (Lipinski definition) is 6. The van der Waals surface area contributed by atoms with E-state index in [1.807, 2.05) is 12.1 Å². The van der Waals surface area contributed by atoms with Crippen LogP contribution in [-0.2, 0) is 4.74 Å². The van der Waals surface area contributed by atoms with Crippen LogP contribution in [0.5, 0.6) is 0 Å². The molecule has 9 heteroatoms. The molecule has 172 valence electrons. The van der Waals surface area contributed by atoms with E-state index in [1.165, 1.54) is 18.3 Å². The lowest BCUT2D eigenvalue weighted by molar-refractivity contribution is 0.0528. The van der Waals surface area contributed by atoms with Crippen molar-refractivity contribution in [1.29, 1.82) is 5.26 Å². The van der Waals surface area contributed by atoms with Crippen molar-refractivity contribution in [1.82, 2.24) is 19.5 Å². The van der Waals surface area contributed by atoms with Crippen molar-refractivity contribution < 1.29 is 13.9 Å². The van der Waals surface area contributed by atoms with Gasteiger partial charge in [0, 0.05) is 12.4 Å². The van der Waals surface area contributed by atoms with Crippen molar-refractivity contribution in [2.45, 2.75) is 13.8 Å². The summed E-state index contributed by atoms with van der Waals surface area (Å²) in [6.45, 7) is 3.68. The number of esters is 1. The lowest BCUT2D eigenvalue weighted by atomic mass is 10.0. The Morgan fingerprint density at radius 1 is 1.11 bits per heavy atom. The second-order valence-corrected chi connectivity index (χ2v) is 8.14. The van der Waals surface area contributed by atoms with E-state index in [9.17, 15) is 10.1 Å². The Hall–Kier alpha value is -4.35. The number of fused-ring (bicyclic) bond motifs is 2. The van der Waals surface area contributed by atoms with E-state index < -0.39 is 11.8 Å². The number of imidazole rings is 1. The van der Waals surface area contributed by atoms with Gasteiger partial charge in [0.15, 0.2) is 0 Å². The third-order valence-corrected chi connectivity index (χ3v) is 5.95. The summed E-state index contributed by atoms with van der Waals surface area (Å²) < 4.78 is 22.1. The molecule has 7 nitrogen and oxygen atoms in total. The minimum atomic E-state index is -0.535. The number of rotatable bonds is 4. The molecule has 0 radical (unpaired) electrons. The first-order chi connectivity index (χ1) is 16.9. The number of nitrogens with zero attached hydrogens (tertiary/aromatic N) is 5. The van der Waals surface area contributed by atoms with Gasteiger partial charge < -0.3 is 4.74 Å². The van der Waals surface area contributed by atoms with Crippen LogP contribution in [0.15, 0.2) is 54.9 Å². The normalized spacial score (nSPS) is 11.1. The van der Waals surface area contributed by atoms with Gasteiger partial charge in [-0.2, -0.15) is 5.26 Å². The number of aromatic nitrogens is 4. The van der Waals surface area contributed by atoms with E-state index >= 15 is 4.39 Å². The SMILES string of the molecule is CCOC(=O)c1cc(-c2ccnc(C#N)c2)cc2c1nc(C)n2-c1ccnc2c(Cl)ccc(F)c12. The average Bonchev–Trinajstić information content (AvgIpc) is 3.21. The van der Waals surface area contributed by atoms with E-state index in [-0.39, 0.29) is 23.3 Å². The van der Waals surface area contributed by atoms with Crippen LogP contribution < -0.4 is 0 Å². The van der Waals surface area contributed by atoms with Crippen LogP contribution in [0.4, 0.5) is 4.39 Å². The van der Waals surface area contributed by atoms with Gasteiger partial charge in [-0.15, -0.1) is 0 Å². The summed E-state index contributed by atoms with van der Waals surface area (Å²) in [7, 11) is 0. The van der Waals surface area contributed by atoms with Gasteiger partial charge in [-0.1, -0.05) is 11.6 Å². The number of nitriles is 1. The van der Waals surface area contributed by atoms with Crippen LogP contribution in [-0.4, -0.2) is 32.1 Å². The molecule has 0 atom stereocenters. The van der Waals surface area contributed by atoms with Crippen LogP contribution in [0.1, 0.15) is 28.8 Å². The number of aryl methyl sites for hydroxylation is 1. The van der Waals surface area contributed by atoms with E-state index in [4.69, 9.17) is 16.3 Å². The fourth-order valence-electron chi connectivity index (χ4n) is 4.16. The summed E-state index contributed by atoms with van der Waals surface area (Å²) in [6.07, 6.45) is 3.07. The van der Waals surface area contributed by atoms with Gasteiger partial charge in [-0.05, 0) is 67.4 Å². The summed E-state index contributed by atoms with van der Waals surface area (Å²) in [6, 6.07) is 13.3. The van der Waals surface area contributed by atoms with Crippen LogP contribution in [0.25, 0.3) is 38.8 Å². The maximum atomic E-state index is 15.0. The third kappa shape index (κ3) is 3.76. The van der Waals surface area contributed by atoms with E-state index in [2.05, 4.69) is 15.0 Å². The van der Waals surface area contributed by atoms with Crippen LogP contribution >= 0.6 is 11.6 Å². The van der Waals surface area contributed by atoms with Crippen molar-refractivity contribution in [3.63, 3.8) is 0 Å². The zero-order valence-electron chi connectivity index (χ0n) is 18.7. The van der Waals surface area contributed by atoms with Gasteiger partial charge in [0.05, 0.1) is 39.3 Å². The molecule has 0 saturated carbocycles. The van der Waals surface area contributed by atoms with Gasteiger partial charge in [0.25, 0.3) is 0 Å². The zero-order valence-corrected chi connectivity index (χ0v) is 19.5. The Kier molecular flexibility index (Phi) is 5.63. The van der Waals surface area contributed by atoms with E-state index in [0.717, 1.165) is 0 Å². The molecule has 0 saturated heterocycles. The second kappa shape index (κ2) is 8.78.